The van der Waals surface area contributed by atoms with E-state index in [-0.39, 0.29) is 24.9 Å². The zero-order chi connectivity index (χ0) is 19.4. The van der Waals surface area contributed by atoms with Gasteiger partial charge in [0.15, 0.2) is 13.0 Å². The third-order valence-electron chi connectivity index (χ3n) is 4.04. The molecular weight excluding hydrogens is 354 g/mol. The fraction of sp³-hybridized carbons (Fsp3) is 0.222. The van der Waals surface area contributed by atoms with Gasteiger partial charge in [-0.3, -0.25) is 19.7 Å². The first-order valence-corrected chi connectivity index (χ1v) is 8.07. The molecule has 0 N–H and O–H groups in total. The number of nitrogens with zero attached hydrogens (tertiary/aromatic N) is 3. The Kier molecular flexibility index (Phi) is 5.43. The highest BCUT2D eigenvalue weighted by Gasteiger charge is 2.43. The Labute approximate surface area is 154 Å². The summed E-state index contributed by atoms with van der Waals surface area (Å²) in [5.41, 5.74) is 0.635. The second kappa shape index (κ2) is 7.94. The van der Waals surface area contributed by atoms with Crippen molar-refractivity contribution in [3.05, 3.63) is 75.8 Å². The molecule has 1 aliphatic heterocycles. The molecule has 27 heavy (non-hydrogen) atoms. The normalized spacial score (nSPS) is 16.6. The summed E-state index contributed by atoms with van der Waals surface area (Å²) in [5, 5.41) is 12.1. The van der Waals surface area contributed by atoms with E-state index in [1.807, 2.05) is 0 Å². The molecule has 1 unspecified atom stereocenters. The Morgan fingerprint density at radius 1 is 1.22 bits per heavy atom. The standard InChI is InChI=1S/C18H17N3O6/c1-26-12-27-20-16(22)11-19(18(23)13-6-3-2-4-7-13)17(20)14-8-5-9-15(10-14)21(24)25/h2-10,17H,11-12H2,1H3. The van der Waals surface area contributed by atoms with Gasteiger partial charge < -0.3 is 9.64 Å². The van der Waals surface area contributed by atoms with Crippen LogP contribution in [-0.2, 0) is 14.4 Å². The molecule has 0 aromatic heterocycles. The van der Waals surface area contributed by atoms with Gasteiger partial charge in [-0.15, -0.1) is 0 Å². The highest BCUT2D eigenvalue weighted by molar-refractivity contribution is 5.98. The maximum absolute atomic E-state index is 12.9. The lowest BCUT2D eigenvalue weighted by molar-refractivity contribution is -0.385. The molecule has 0 saturated carbocycles. The largest absolute Gasteiger partial charge is 0.356 e. The number of rotatable bonds is 6. The van der Waals surface area contributed by atoms with E-state index >= 15 is 0 Å². The predicted molar refractivity (Wildman–Crippen MR) is 93.1 cm³/mol. The quantitative estimate of drug-likeness (QED) is 0.438. The van der Waals surface area contributed by atoms with Gasteiger partial charge in [-0.25, -0.2) is 4.84 Å². The smallest absolute Gasteiger partial charge is 0.269 e. The van der Waals surface area contributed by atoms with E-state index < -0.39 is 17.0 Å². The summed E-state index contributed by atoms with van der Waals surface area (Å²) in [6, 6.07) is 14.2. The fourth-order valence-corrected chi connectivity index (χ4v) is 2.86. The number of amides is 2. The summed E-state index contributed by atoms with van der Waals surface area (Å²) in [7, 11) is 1.40. The Morgan fingerprint density at radius 3 is 2.63 bits per heavy atom. The number of hydrogen-bond acceptors (Lipinski definition) is 6. The van der Waals surface area contributed by atoms with Gasteiger partial charge in [0.05, 0.1) is 4.92 Å². The molecule has 0 bridgehead atoms. The van der Waals surface area contributed by atoms with E-state index in [0.717, 1.165) is 5.06 Å². The van der Waals surface area contributed by atoms with Crippen molar-refractivity contribution in [1.82, 2.24) is 9.96 Å². The topological polar surface area (TPSA) is 102 Å². The van der Waals surface area contributed by atoms with Crippen molar-refractivity contribution in [1.29, 1.82) is 0 Å². The van der Waals surface area contributed by atoms with E-state index in [0.29, 0.717) is 11.1 Å². The SMILES string of the molecule is COCON1C(=O)CN(C(=O)c2ccccc2)C1c1cccc([N+](=O)[O-])c1. The Hall–Kier alpha value is -3.30. The highest BCUT2D eigenvalue weighted by Crippen LogP contribution is 2.33. The number of nitro groups is 1. The Morgan fingerprint density at radius 2 is 1.96 bits per heavy atom. The van der Waals surface area contributed by atoms with Crippen LogP contribution < -0.4 is 0 Å². The number of ether oxygens (including phenoxy) is 1. The minimum absolute atomic E-state index is 0.148. The maximum Gasteiger partial charge on any atom is 0.269 e. The van der Waals surface area contributed by atoms with Crippen LogP contribution >= 0.6 is 0 Å². The number of nitro benzene ring substituents is 1. The molecule has 1 heterocycles. The van der Waals surface area contributed by atoms with Gasteiger partial charge in [-0.2, -0.15) is 5.06 Å². The average molecular weight is 371 g/mol. The van der Waals surface area contributed by atoms with Crippen LogP contribution in [0.4, 0.5) is 5.69 Å². The number of carbonyl (C=O) groups excluding carboxylic acids is 2. The molecule has 0 spiro atoms. The molecule has 3 rings (SSSR count). The Balaban J connectivity index is 2.01. The van der Waals surface area contributed by atoms with Gasteiger partial charge >= 0.3 is 0 Å². The number of carbonyl (C=O) groups is 2. The molecule has 9 nitrogen and oxygen atoms in total. The van der Waals surface area contributed by atoms with E-state index in [1.54, 1.807) is 36.4 Å². The van der Waals surface area contributed by atoms with Gasteiger partial charge in [0.2, 0.25) is 0 Å². The minimum Gasteiger partial charge on any atom is -0.356 e. The van der Waals surface area contributed by atoms with Crippen LogP contribution in [0.5, 0.6) is 0 Å². The lowest BCUT2D eigenvalue weighted by atomic mass is 10.1. The second-order valence-electron chi connectivity index (χ2n) is 5.78. The molecule has 1 fully saturated rings. The molecule has 140 valence electrons. The van der Waals surface area contributed by atoms with Gasteiger partial charge in [0.25, 0.3) is 17.5 Å². The van der Waals surface area contributed by atoms with Crippen molar-refractivity contribution < 1.29 is 24.1 Å². The van der Waals surface area contributed by atoms with Crippen LogP contribution in [0.25, 0.3) is 0 Å². The van der Waals surface area contributed by atoms with Crippen molar-refractivity contribution in [3.63, 3.8) is 0 Å². The van der Waals surface area contributed by atoms with Crippen LogP contribution in [-0.4, -0.2) is 47.1 Å². The summed E-state index contributed by atoms with van der Waals surface area (Å²) >= 11 is 0. The molecule has 2 aromatic carbocycles. The van der Waals surface area contributed by atoms with Gasteiger partial charge in [0.1, 0.15) is 6.54 Å². The predicted octanol–water partition coefficient (Wildman–Crippen LogP) is 2.11. The van der Waals surface area contributed by atoms with Crippen molar-refractivity contribution in [2.75, 3.05) is 20.4 Å². The van der Waals surface area contributed by atoms with Crippen LogP contribution in [0.1, 0.15) is 22.1 Å². The van der Waals surface area contributed by atoms with Crippen molar-refractivity contribution in [2.24, 2.45) is 0 Å². The Bertz CT molecular complexity index is 857. The number of hydrogen-bond donors (Lipinski definition) is 0. The molecule has 2 aromatic rings. The summed E-state index contributed by atoms with van der Waals surface area (Å²) in [6.07, 6.45) is -0.944. The van der Waals surface area contributed by atoms with Gasteiger partial charge in [0, 0.05) is 30.4 Å². The third-order valence-corrected chi connectivity index (χ3v) is 4.04. The summed E-state index contributed by atoms with van der Waals surface area (Å²) in [4.78, 5) is 42.6. The van der Waals surface area contributed by atoms with Crippen molar-refractivity contribution >= 4 is 17.5 Å². The minimum atomic E-state index is -0.944. The van der Waals surface area contributed by atoms with E-state index in [2.05, 4.69) is 0 Å². The molecule has 0 radical (unpaired) electrons. The van der Waals surface area contributed by atoms with Crippen molar-refractivity contribution in [3.8, 4) is 0 Å². The van der Waals surface area contributed by atoms with Crippen LogP contribution in [0.3, 0.4) is 0 Å². The fourth-order valence-electron chi connectivity index (χ4n) is 2.86. The van der Waals surface area contributed by atoms with E-state index in [1.165, 1.54) is 30.2 Å². The molecule has 1 aliphatic rings. The van der Waals surface area contributed by atoms with E-state index in [4.69, 9.17) is 9.57 Å². The maximum atomic E-state index is 12.9. The number of non-ortho nitro benzene ring substituents is 1. The molecule has 1 saturated heterocycles. The number of hydroxylamine groups is 2. The molecule has 1 atom stereocenters. The zero-order valence-corrected chi connectivity index (χ0v) is 14.5. The third kappa shape index (κ3) is 3.78. The van der Waals surface area contributed by atoms with Gasteiger partial charge in [-0.05, 0) is 12.1 Å². The van der Waals surface area contributed by atoms with Crippen LogP contribution in [0, 0.1) is 10.1 Å². The van der Waals surface area contributed by atoms with Gasteiger partial charge in [-0.1, -0.05) is 30.3 Å². The monoisotopic (exact) mass is 371 g/mol. The lowest BCUT2D eigenvalue weighted by Gasteiger charge is -2.29. The average Bonchev–Trinajstić information content (AvgIpc) is 3.02. The lowest BCUT2D eigenvalue weighted by Crippen LogP contribution is -2.36. The first-order valence-electron chi connectivity index (χ1n) is 8.07. The first kappa shape index (κ1) is 18.5. The van der Waals surface area contributed by atoms with Crippen LogP contribution in [0.15, 0.2) is 54.6 Å². The van der Waals surface area contributed by atoms with Crippen molar-refractivity contribution in [2.45, 2.75) is 6.17 Å². The summed E-state index contributed by atoms with van der Waals surface area (Å²) < 4.78 is 4.85. The molecular formula is C18H17N3O6. The second-order valence-corrected chi connectivity index (χ2v) is 5.78. The number of benzene rings is 2. The zero-order valence-electron chi connectivity index (χ0n) is 14.5. The van der Waals surface area contributed by atoms with Crippen LogP contribution in [0.2, 0.25) is 0 Å². The highest BCUT2D eigenvalue weighted by atomic mass is 16.8. The summed E-state index contributed by atoms with van der Waals surface area (Å²) in [6.45, 7) is -0.421. The molecule has 9 heteroatoms. The molecule has 2 amide bonds. The van der Waals surface area contributed by atoms with E-state index in [9.17, 15) is 19.7 Å². The molecule has 0 aliphatic carbocycles. The summed E-state index contributed by atoms with van der Waals surface area (Å²) in [5.74, 6) is -0.836. The first-order chi connectivity index (χ1) is 13.0. The number of methoxy groups -OCH3 is 1.